The number of fused-ring (bicyclic) bond motifs is 1. The van der Waals surface area contributed by atoms with Crippen LogP contribution in [0.4, 0.5) is 0 Å². The van der Waals surface area contributed by atoms with Crippen molar-refractivity contribution in [2.45, 2.75) is 31.5 Å². The largest absolute Gasteiger partial charge is 0.497 e. The number of hydrogen-bond acceptors (Lipinski definition) is 2. The second-order valence-corrected chi connectivity index (χ2v) is 6.18. The molecule has 1 aliphatic carbocycles. The molecule has 1 unspecified atom stereocenters. The van der Waals surface area contributed by atoms with Crippen LogP contribution in [0.1, 0.15) is 18.4 Å². The summed E-state index contributed by atoms with van der Waals surface area (Å²) in [5, 5.41) is 0. The summed E-state index contributed by atoms with van der Waals surface area (Å²) in [6, 6.07) is 17.2. The number of benzene rings is 2. The third kappa shape index (κ3) is 2.68. The van der Waals surface area contributed by atoms with Crippen molar-refractivity contribution in [1.29, 1.82) is 0 Å². The summed E-state index contributed by atoms with van der Waals surface area (Å²) in [7, 11) is 1.70. The van der Waals surface area contributed by atoms with Crippen LogP contribution in [0.25, 0.3) is 11.1 Å². The Hall–Kier alpha value is -1.80. The standard InChI is InChI=1S/C19H20O2/c1-20-17-8-6-16(7-9-17)15-4-2-13(3-5-15)10-14-11-18-19(12-14)21-18/h2-9,14,18-19H,10-12H2,1H3/t14?,18-,19+. The first-order valence-electron chi connectivity index (χ1n) is 7.70. The van der Waals surface area contributed by atoms with Gasteiger partial charge in [-0.2, -0.15) is 0 Å². The SMILES string of the molecule is COc1ccc(-c2ccc(CC3C[C@@H]4O[C@@H]4C3)cc2)cc1. The maximum atomic E-state index is 5.51. The number of rotatable bonds is 4. The lowest BCUT2D eigenvalue weighted by molar-refractivity contribution is 0.272. The molecule has 1 heterocycles. The second-order valence-electron chi connectivity index (χ2n) is 6.18. The average molecular weight is 280 g/mol. The fourth-order valence-corrected chi connectivity index (χ4v) is 3.46. The van der Waals surface area contributed by atoms with Crippen molar-refractivity contribution >= 4 is 0 Å². The van der Waals surface area contributed by atoms with Crippen molar-refractivity contribution in [2.24, 2.45) is 5.92 Å². The van der Waals surface area contributed by atoms with E-state index in [0.29, 0.717) is 12.2 Å². The summed E-state index contributed by atoms with van der Waals surface area (Å²) in [6.45, 7) is 0. The molecular weight excluding hydrogens is 260 g/mol. The summed E-state index contributed by atoms with van der Waals surface area (Å²) >= 11 is 0. The highest BCUT2D eigenvalue weighted by molar-refractivity contribution is 5.64. The molecular formula is C19H20O2. The number of ether oxygens (including phenoxy) is 2. The third-order valence-corrected chi connectivity index (χ3v) is 4.72. The van der Waals surface area contributed by atoms with E-state index in [0.717, 1.165) is 11.7 Å². The van der Waals surface area contributed by atoms with Gasteiger partial charge in [0, 0.05) is 0 Å². The summed E-state index contributed by atoms with van der Waals surface area (Å²) in [4.78, 5) is 0. The molecule has 0 radical (unpaired) electrons. The van der Waals surface area contributed by atoms with Crippen LogP contribution in [0.5, 0.6) is 5.75 Å². The van der Waals surface area contributed by atoms with Gasteiger partial charge in [-0.1, -0.05) is 36.4 Å². The van der Waals surface area contributed by atoms with Crippen LogP contribution < -0.4 is 4.74 Å². The van der Waals surface area contributed by atoms with Gasteiger partial charge in [-0.05, 0) is 54.0 Å². The zero-order valence-corrected chi connectivity index (χ0v) is 12.3. The van der Waals surface area contributed by atoms with Gasteiger partial charge in [0.25, 0.3) is 0 Å². The molecule has 2 heteroatoms. The minimum atomic E-state index is 0.591. The molecule has 0 amide bonds. The van der Waals surface area contributed by atoms with Crippen LogP contribution in [-0.4, -0.2) is 19.3 Å². The van der Waals surface area contributed by atoms with Crippen molar-refractivity contribution in [3.63, 3.8) is 0 Å². The van der Waals surface area contributed by atoms with Crippen molar-refractivity contribution < 1.29 is 9.47 Å². The first kappa shape index (κ1) is 12.9. The van der Waals surface area contributed by atoms with Crippen LogP contribution in [-0.2, 0) is 11.2 Å². The Labute approximate surface area is 125 Å². The van der Waals surface area contributed by atoms with Gasteiger partial charge in [0.1, 0.15) is 5.75 Å². The third-order valence-electron chi connectivity index (χ3n) is 4.72. The topological polar surface area (TPSA) is 21.8 Å². The highest BCUT2D eigenvalue weighted by Crippen LogP contribution is 2.43. The van der Waals surface area contributed by atoms with Crippen molar-refractivity contribution in [2.75, 3.05) is 7.11 Å². The van der Waals surface area contributed by atoms with Crippen molar-refractivity contribution in [3.05, 3.63) is 54.1 Å². The zero-order chi connectivity index (χ0) is 14.2. The maximum Gasteiger partial charge on any atom is 0.118 e. The molecule has 21 heavy (non-hydrogen) atoms. The number of hydrogen-bond donors (Lipinski definition) is 0. The van der Waals surface area contributed by atoms with Crippen molar-refractivity contribution in [3.8, 4) is 16.9 Å². The Balaban J connectivity index is 1.44. The summed E-state index contributed by atoms with van der Waals surface area (Å²) < 4.78 is 10.7. The van der Waals surface area contributed by atoms with Gasteiger partial charge in [0.15, 0.2) is 0 Å². The molecule has 2 aliphatic rings. The lowest BCUT2D eigenvalue weighted by Gasteiger charge is -2.11. The molecule has 0 bridgehead atoms. The average Bonchev–Trinajstić information content (AvgIpc) is 3.15. The molecule has 4 rings (SSSR count). The van der Waals surface area contributed by atoms with Crippen LogP contribution in [0, 0.1) is 5.92 Å². The van der Waals surface area contributed by atoms with Gasteiger partial charge in [-0.3, -0.25) is 0 Å². The predicted molar refractivity (Wildman–Crippen MR) is 83.5 cm³/mol. The highest BCUT2D eigenvalue weighted by Gasteiger charge is 2.47. The van der Waals surface area contributed by atoms with Crippen LogP contribution >= 0.6 is 0 Å². The normalized spacial score (nSPS) is 26.4. The molecule has 0 N–H and O–H groups in total. The van der Waals surface area contributed by atoms with Crippen LogP contribution in [0.15, 0.2) is 48.5 Å². The van der Waals surface area contributed by atoms with Crippen molar-refractivity contribution in [1.82, 2.24) is 0 Å². The summed E-state index contributed by atoms with van der Waals surface area (Å²) in [6.07, 6.45) is 4.89. The van der Waals surface area contributed by atoms with E-state index in [9.17, 15) is 0 Å². The Morgan fingerprint density at radius 3 is 2.05 bits per heavy atom. The Morgan fingerprint density at radius 1 is 0.905 bits per heavy atom. The van der Waals surface area contributed by atoms with E-state index in [4.69, 9.17) is 9.47 Å². The molecule has 108 valence electrons. The van der Waals surface area contributed by atoms with E-state index in [-0.39, 0.29) is 0 Å². The molecule has 0 spiro atoms. The Morgan fingerprint density at radius 2 is 1.48 bits per heavy atom. The van der Waals surface area contributed by atoms with E-state index in [1.807, 2.05) is 12.1 Å². The van der Waals surface area contributed by atoms with E-state index >= 15 is 0 Å². The van der Waals surface area contributed by atoms with E-state index in [1.54, 1.807) is 7.11 Å². The Kier molecular flexibility index (Phi) is 3.19. The summed E-state index contributed by atoms with van der Waals surface area (Å²) in [5.74, 6) is 1.72. The van der Waals surface area contributed by atoms with E-state index in [2.05, 4.69) is 36.4 Å². The first-order valence-corrected chi connectivity index (χ1v) is 7.70. The lowest BCUT2D eigenvalue weighted by Crippen LogP contribution is -2.03. The summed E-state index contributed by atoms with van der Waals surface area (Å²) in [5.41, 5.74) is 3.94. The molecule has 2 aromatic rings. The molecule has 1 saturated carbocycles. The van der Waals surface area contributed by atoms with Gasteiger partial charge in [0.2, 0.25) is 0 Å². The maximum absolute atomic E-state index is 5.51. The lowest BCUT2D eigenvalue weighted by atomic mass is 9.95. The minimum absolute atomic E-state index is 0.591. The van der Waals surface area contributed by atoms with E-state index in [1.165, 1.54) is 36.0 Å². The Bertz CT molecular complexity index is 605. The fraction of sp³-hybridized carbons (Fsp3) is 0.368. The van der Waals surface area contributed by atoms with Gasteiger partial charge in [-0.15, -0.1) is 0 Å². The van der Waals surface area contributed by atoms with E-state index < -0.39 is 0 Å². The predicted octanol–water partition coefficient (Wildman–Crippen LogP) is 4.08. The first-order chi connectivity index (χ1) is 10.3. The molecule has 1 aliphatic heterocycles. The minimum Gasteiger partial charge on any atom is -0.497 e. The van der Waals surface area contributed by atoms with Crippen LogP contribution in [0.3, 0.4) is 0 Å². The van der Waals surface area contributed by atoms with Gasteiger partial charge < -0.3 is 9.47 Å². The smallest absolute Gasteiger partial charge is 0.118 e. The van der Waals surface area contributed by atoms with Gasteiger partial charge in [0.05, 0.1) is 19.3 Å². The number of methoxy groups -OCH3 is 1. The number of epoxide rings is 1. The molecule has 1 saturated heterocycles. The van der Waals surface area contributed by atoms with Gasteiger partial charge >= 0.3 is 0 Å². The molecule has 3 atom stereocenters. The molecule has 2 nitrogen and oxygen atoms in total. The highest BCUT2D eigenvalue weighted by atomic mass is 16.6. The van der Waals surface area contributed by atoms with Gasteiger partial charge in [-0.25, -0.2) is 0 Å². The fourth-order valence-electron chi connectivity index (χ4n) is 3.46. The zero-order valence-electron chi connectivity index (χ0n) is 12.3. The quantitative estimate of drug-likeness (QED) is 0.787. The molecule has 2 aromatic carbocycles. The monoisotopic (exact) mass is 280 g/mol. The second kappa shape index (κ2) is 5.19. The molecule has 2 fully saturated rings. The molecule has 0 aromatic heterocycles. The van der Waals surface area contributed by atoms with Crippen LogP contribution in [0.2, 0.25) is 0 Å².